The number of nitrogens with one attached hydrogen (secondary N) is 2. The van der Waals surface area contributed by atoms with E-state index >= 15 is 0 Å². The Morgan fingerprint density at radius 2 is 1.64 bits per heavy atom. The number of urea groups is 1. The summed E-state index contributed by atoms with van der Waals surface area (Å²) < 4.78 is 0. The third-order valence-corrected chi connectivity index (χ3v) is 3.43. The van der Waals surface area contributed by atoms with Gasteiger partial charge in [0.15, 0.2) is 5.36 Å². The van der Waals surface area contributed by atoms with E-state index in [9.17, 15) is 24.5 Å². The van der Waals surface area contributed by atoms with Crippen LogP contribution < -0.4 is 27.0 Å². The van der Waals surface area contributed by atoms with Crippen molar-refractivity contribution in [3.63, 3.8) is 0 Å². The highest BCUT2D eigenvalue weighted by Crippen LogP contribution is 2.16. The zero-order chi connectivity index (χ0) is 18.0. The van der Waals surface area contributed by atoms with E-state index in [2.05, 4.69) is 10.4 Å². The number of fused-ring (bicyclic) bond motifs is 1. The third-order valence-electron chi connectivity index (χ3n) is 3.43. The van der Waals surface area contributed by atoms with Gasteiger partial charge in [0.05, 0.1) is 4.92 Å². The molecule has 0 saturated heterocycles. The molecule has 0 aromatic heterocycles. The highest BCUT2D eigenvalue weighted by molar-refractivity contribution is 5.89. The van der Waals surface area contributed by atoms with Gasteiger partial charge in [0.1, 0.15) is 0 Å². The van der Waals surface area contributed by atoms with E-state index in [1.54, 1.807) is 12.1 Å². The first-order valence-corrected chi connectivity index (χ1v) is 7.05. The molecule has 124 valence electrons. The average molecular weight is 338 g/mol. The Bertz CT molecular complexity index is 1100. The third kappa shape index (κ3) is 3.11. The van der Waals surface area contributed by atoms with Crippen LogP contribution in [0.15, 0.2) is 63.2 Å². The predicted octanol–water partition coefficient (Wildman–Crippen LogP) is 0.981. The molecule has 0 spiro atoms. The summed E-state index contributed by atoms with van der Waals surface area (Å²) in [5, 5.41) is 16.7. The second-order valence-corrected chi connectivity index (χ2v) is 5.04. The minimum Gasteiger partial charge on any atom is -0.306 e. The molecular weight excluding hydrogens is 328 g/mol. The van der Waals surface area contributed by atoms with Crippen molar-refractivity contribution >= 4 is 28.2 Å². The molecule has 9 heteroatoms. The van der Waals surface area contributed by atoms with Crippen LogP contribution in [-0.2, 0) is 0 Å². The predicted molar refractivity (Wildman–Crippen MR) is 89.7 cm³/mol. The van der Waals surface area contributed by atoms with Crippen LogP contribution in [-0.4, -0.2) is 11.0 Å². The number of hydrogen-bond donors (Lipinski definition) is 2. The fraction of sp³-hybridized carbons (Fsp3) is 0. The van der Waals surface area contributed by atoms with Gasteiger partial charge in [0, 0.05) is 28.6 Å². The van der Waals surface area contributed by atoms with Gasteiger partial charge >= 0.3 is 6.03 Å². The molecule has 0 atom stereocenters. The molecule has 0 aliphatic heterocycles. The van der Waals surface area contributed by atoms with Gasteiger partial charge in [-0.15, -0.1) is 0 Å². The van der Waals surface area contributed by atoms with Crippen LogP contribution in [0.2, 0.25) is 0 Å². The maximum atomic E-state index is 12.1. The van der Waals surface area contributed by atoms with Crippen LogP contribution in [0.4, 0.5) is 16.2 Å². The second kappa shape index (κ2) is 6.32. The normalized spacial score (nSPS) is 10.4. The van der Waals surface area contributed by atoms with Crippen LogP contribution in [0.5, 0.6) is 0 Å². The van der Waals surface area contributed by atoms with E-state index in [1.807, 2.05) is 5.43 Å². The van der Waals surface area contributed by atoms with Gasteiger partial charge in [0.2, 0.25) is 10.9 Å². The van der Waals surface area contributed by atoms with Crippen molar-refractivity contribution in [2.75, 3.05) is 5.32 Å². The molecule has 3 aromatic carbocycles. The lowest BCUT2D eigenvalue weighted by molar-refractivity contribution is -0.384. The first-order chi connectivity index (χ1) is 12.0. The molecule has 3 rings (SSSR count). The number of carbonyl (C=O) groups is 1. The van der Waals surface area contributed by atoms with Crippen LogP contribution in [0.3, 0.4) is 0 Å². The summed E-state index contributed by atoms with van der Waals surface area (Å²) in [5.41, 5.74) is 0.870. The summed E-state index contributed by atoms with van der Waals surface area (Å²) in [6, 6.07) is 10.7. The van der Waals surface area contributed by atoms with Crippen molar-refractivity contribution in [2.45, 2.75) is 0 Å². The molecule has 0 radical (unpaired) electrons. The van der Waals surface area contributed by atoms with E-state index in [4.69, 9.17) is 0 Å². The Balaban J connectivity index is 1.84. The number of anilines is 1. The minimum atomic E-state index is -0.843. The van der Waals surface area contributed by atoms with Crippen LogP contribution in [0, 0.1) is 10.1 Å². The topological polar surface area (TPSA) is 131 Å². The summed E-state index contributed by atoms with van der Waals surface area (Å²) in [4.78, 5) is 46.1. The first kappa shape index (κ1) is 16.0. The van der Waals surface area contributed by atoms with E-state index in [0.29, 0.717) is 0 Å². The lowest BCUT2D eigenvalue weighted by Gasteiger charge is -2.03. The average Bonchev–Trinajstić information content (AvgIpc) is 2.85. The smallest absolute Gasteiger partial charge is 0.306 e. The fourth-order valence-corrected chi connectivity index (χ4v) is 2.30. The number of hydrogen-bond acceptors (Lipinski definition) is 6. The Kier molecular flexibility index (Phi) is 4.04. The van der Waals surface area contributed by atoms with Gasteiger partial charge in [-0.05, 0) is 6.07 Å². The maximum absolute atomic E-state index is 12.1. The summed E-state index contributed by atoms with van der Waals surface area (Å²) >= 11 is 0. The molecule has 9 nitrogen and oxygen atoms in total. The number of nitro groups is 1. The quantitative estimate of drug-likeness (QED) is 0.543. The Labute approximate surface area is 139 Å². The van der Waals surface area contributed by atoms with Crippen molar-refractivity contribution in [3.05, 3.63) is 84.4 Å². The molecular formula is C16H10N4O5. The lowest BCUT2D eigenvalue weighted by Crippen LogP contribution is -2.36. The molecule has 2 amide bonds. The molecule has 2 N–H and O–H groups in total. The summed E-state index contributed by atoms with van der Waals surface area (Å²) in [5.74, 6) is 0. The Morgan fingerprint density at radius 3 is 2.24 bits per heavy atom. The van der Waals surface area contributed by atoms with Gasteiger partial charge in [-0.25, -0.2) is 10.2 Å². The van der Waals surface area contributed by atoms with Gasteiger partial charge in [-0.2, -0.15) is 5.10 Å². The number of non-ortho nitro benzene ring substituents is 1. The first-order valence-electron chi connectivity index (χ1n) is 7.05. The van der Waals surface area contributed by atoms with Gasteiger partial charge < -0.3 is 5.32 Å². The SMILES string of the molecule is O=C(NN=c1c(=O)c2ccccc2c1=O)Nc1cccc([N+](=O)[O-])c1. The minimum absolute atomic E-state index is 0.166. The second-order valence-electron chi connectivity index (χ2n) is 5.04. The largest absolute Gasteiger partial charge is 0.339 e. The van der Waals surface area contributed by atoms with Crippen molar-refractivity contribution < 1.29 is 9.72 Å². The molecule has 25 heavy (non-hydrogen) atoms. The molecule has 0 saturated carbocycles. The van der Waals surface area contributed by atoms with Gasteiger partial charge in [-0.3, -0.25) is 19.7 Å². The fourth-order valence-electron chi connectivity index (χ4n) is 2.30. The Hall–Kier alpha value is -3.88. The zero-order valence-corrected chi connectivity index (χ0v) is 12.6. The highest BCUT2D eigenvalue weighted by atomic mass is 16.6. The van der Waals surface area contributed by atoms with E-state index in [0.717, 1.165) is 6.07 Å². The molecule has 0 aliphatic rings. The van der Waals surface area contributed by atoms with Crippen molar-refractivity contribution in [1.82, 2.24) is 5.43 Å². The van der Waals surface area contributed by atoms with Crippen molar-refractivity contribution in [2.24, 2.45) is 5.10 Å². The number of rotatable bonds is 3. The zero-order valence-electron chi connectivity index (χ0n) is 12.6. The number of nitro benzene ring substituents is 1. The number of amides is 2. The van der Waals surface area contributed by atoms with E-state index in [1.165, 1.54) is 30.3 Å². The molecule has 0 fully saturated rings. The van der Waals surface area contributed by atoms with Crippen molar-refractivity contribution in [3.8, 4) is 0 Å². The molecule has 0 bridgehead atoms. The van der Waals surface area contributed by atoms with Crippen molar-refractivity contribution in [1.29, 1.82) is 0 Å². The summed E-state index contributed by atoms with van der Waals surface area (Å²) in [6.07, 6.45) is 0. The monoisotopic (exact) mass is 338 g/mol. The molecule has 3 aromatic rings. The summed E-state index contributed by atoms with van der Waals surface area (Å²) in [7, 11) is 0. The van der Waals surface area contributed by atoms with E-state index < -0.39 is 27.2 Å². The van der Waals surface area contributed by atoms with Crippen LogP contribution in [0.25, 0.3) is 10.8 Å². The molecule has 0 aliphatic carbocycles. The molecule has 0 unspecified atom stereocenters. The number of benzene rings is 2. The highest BCUT2D eigenvalue weighted by Gasteiger charge is 2.11. The van der Waals surface area contributed by atoms with E-state index in [-0.39, 0.29) is 22.1 Å². The van der Waals surface area contributed by atoms with Crippen LogP contribution in [0.1, 0.15) is 0 Å². The van der Waals surface area contributed by atoms with Gasteiger partial charge in [0.25, 0.3) is 5.69 Å². The standard InChI is InChI=1S/C16H10N4O5/c21-14-11-6-1-2-7-12(11)15(22)13(14)18-19-16(23)17-9-4-3-5-10(8-9)20(24)25/h1-8H,(H2,17,19,23). The number of carbonyl (C=O) groups excluding carboxylic acids is 1. The number of nitrogens with zero attached hydrogens (tertiary/aromatic N) is 2. The maximum Gasteiger partial charge on any atom is 0.339 e. The Morgan fingerprint density at radius 1 is 1.00 bits per heavy atom. The molecule has 0 heterocycles. The van der Waals surface area contributed by atoms with Gasteiger partial charge in [-0.1, -0.05) is 30.3 Å². The lowest BCUT2D eigenvalue weighted by atomic mass is 10.2. The summed E-state index contributed by atoms with van der Waals surface area (Å²) in [6.45, 7) is 0. The van der Waals surface area contributed by atoms with Crippen LogP contribution >= 0.6 is 0 Å².